The third-order valence-electron chi connectivity index (χ3n) is 12.4. The molecule has 0 spiro atoms. The zero-order chi connectivity index (χ0) is 44.1. The molecule has 0 aliphatic heterocycles. The van der Waals surface area contributed by atoms with Gasteiger partial charge in [0, 0.05) is 33.8 Å². The van der Waals surface area contributed by atoms with Crippen molar-refractivity contribution in [3.8, 4) is 55.6 Å². The van der Waals surface area contributed by atoms with Gasteiger partial charge < -0.3 is 9.80 Å². The van der Waals surface area contributed by atoms with Crippen molar-refractivity contribution in [1.82, 2.24) is 0 Å². The molecule has 0 aromatic heterocycles. The Kier molecular flexibility index (Phi) is 11.0. The van der Waals surface area contributed by atoms with Crippen LogP contribution in [0.15, 0.2) is 279 Å². The van der Waals surface area contributed by atoms with Crippen LogP contribution in [0, 0.1) is 0 Å². The quantitative estimate of drug-likeness (QED) is 0.128. The fourth-order valence-corrected chi connectivity index (χ4v) is 9.09. The Morgan fingerprint density at radius 1 is 0.182 bits per heavy atom. The highest BCUT2D eigenvalue weighted by Crippen LogP contribution is 2.43. The zero-order valence-electron chi connectivity index (χ0n) is 36.5. The molecule has 0 heterocycles. The molecule has 0 radical (unpaired) electrons. The molecule has 11 rings (SSSR count). The van der Waals surface area contributed by atoms with Gasteiger partial charge in [-0.15, -0.1) is 0 Å². The SMILES string of the molecule is c1ccc(-c2ccc(N(c3ccc(-c4ccccc4)cc3)c3ccc(-c4ccc(N(c5cc(-c6ccccc6)cc(-c6ccccc6)c5)c5cccc6ccccc56)cc4)cc3)cc2)cc1. The van der Waals surface area contributed by atoms with Crippen LogP contribution in [-0.4, -0.2) is 0 Å². The molecule has 312 valence electrons. The average molecular weight is 843 g/mol. The lowest BCUT2D eigenvalue weighted by Gasteiger charge is -2.28. The van der Waals surface area contributed by atoms with Crippen LogP contribution < -0.4 is 9.80 Å². The second-order valence-electron chi connectivity index (χ2n) is 16.6. The van der Waals surface area contributed by atoms with Gasteiger partial charge in [0.2, 0.25) is 0 Å². The smallest absolute Gasteiger partial charge is 0.0540 e. The van der Waals surface area contributed by atoms with E-state index in [1.54, 1.807) is 0 Å². The highest BCUT2D eigenvalue weighted by Gasteiger charge is 2.19. The summed E-state index contributed by atoms with van der Waals surface area (Å²) in [7, 11) is 0. The van der Waals surface area contributed by atoms with E-state index in [9.17, 15) is 0 Å². The van der Waals surface area contributed by atoms with Crippen molar-refractivity contribution in [3.63, 3.8) is 0 Å². The predicted molar refractivity (Wildman–Crippen MR) is 280 cm³/mol. The molecular formula is C64H46N2. The number of benzene rings is 11. The summed E-state index contributed by atoms with van der Waals surface area (Å²) in [5.74, 6) is 0. The molecule has 0 aliphatic carbocycles. The number of nitrogens with zero attached hydrogens (tertiary/aromatic N) is 2. The van der Waals surface area contributed by atoms with Crippen molar-refractivity contribution >= 4 is 44.9 Å². The highest BCUT2D eigenvalue weighted by atomic mass is 15.1. The lowest BCUT2D eigenvalue weighted by molar-refractivity contribution is 1.28. The molecule has 2 heteroatoms. The Labute approximate surface area is 387 Å². The first-order valence-electron chi connectivity index (χ1n) is 22.6. The van der Waals surface area contributed by atoms with Gasteiger partial charge in [-0.2, -0.15) is 0 Å². The molecule has 0 unspecified atom stereocenters. The van der Waals surface area contributed by atoms with Crippen molar-refractivity contribution in [2.24, 2.45) is 0 Å². The lowest BCUT2D eigenvalue weighted by atomic mass is 9.96. The van der Waals surface area contributed by atoms with Gasteiger partial charge in [-0.1, -0.05) is 206 Å². The molecule has 0 atom stereocenters. The van der Waals surface area contributed by atoms with Crippen LogP contribution in [-0.2, 0) is 0 Å². The minimum Gasteiger partial charge on any atom is -0.311 e. The first-order chi connectivity index (χ1) is 32.7. The second kappa shape index (κ2) is 18.2. The molecule has 0 fully saturated rings. The van der Waals surface area contributed by atoms with Gasteiger partial charge >= 0.3 is 0 Å². The Hall–Kier alpha value is -8.72. The Morgan fingerprint density at radius 2 is 0.485 bits per heavy atom. The Bertz CT molecular complexity index is 3200. The third-order valence-corrected chi connectivity index (χ3v) is 12.4. The number of rotatable bonds is 11. The maximum Gasteiger partial charge on any atom is 0.0540 e. The summed E-state index contributed by atoms with van der Waals surface area (Å²) < 4.78 is 0. The Balaban J connectivity index is 0.966. The van der Waals surface area contributed by atoms with Crippen LogP contribution in [0.2, 0.25) is 0 Å². The molecular weight excluding hydrogens is 797 g/mol. The van der Waals surface area contributed by atoms with Crippen molar-refractivity contribution in [2.75, 3.05) is 9.80 Å². The molecule has 0 N–H and O–H groups in total. The van der Waals surface area contributed by atoms with E-state index in [-0.39, 0.29) is 0 Å². The molecule has 11 aromatic carbocycles. The molecule has 0 amide bonds. The maximum absolute atomic E-state index is 2.41. The summed E-state index contributed by atoms with van der Waals surface area (Å²) in [5.41, 5.74) is 18.4. The maximum atomic E-state index is 2.41. The molecule has 66 heavy (non-hydrogen) atoms. The number of anilines is 6. The summed E-state index contributed by atoms with van der Waals surface area (Å²) in [4.78, 5) is 4.75. The van der Waals surface area contributed by atoms with E-state index in [1.165, 1.54) is 55.3 Å². The van der Waals surface area contributed by atoms with Gasteiger partial charge in [0.25, 0.3) is 0 Å². The Morgan fingerprint density at radius 3 is 0.879 bits per heavy atom. The van der Waals surface area contributed by atoms with Crippen LogP contribution in [0.4, 0.5) is 34.1 Å². The van der Waals surface area contributed by atoms with E-state index >= 15 is 0 Å². The zero-order valence-corrected chi connectivity index (χ0v) is 36.5. The van der Waals surface area contributed by atoms with Crippen LogP contribution in [0.3, 0.4) is 0 Å². The van der Waals surface area contributed by atoms with Gasteiger partial charge in [-0.05, 0) is 134 Å². The largest absolute Gasteiger partial charge is 0.311 e. The summed E-state index contributed by atoms with van der Waals surface area (Å²) >= 11 is 0. The summed E-state index contributed by atoms with van der Waals surface area (Å²) in [6, 6.07) is 100. The van der Waals surface area contributed by atoms with E-state index < -0.39 is 0 Å². The number of fused-ring (bicyclic) bond motifs is 1. The lowest BCUT2D eigenvalue weighted by Crippen LogP contribution is -2.11. The fourth-order valence-electron chi connectivity index (χ4n) is 9.09. The molecule has 0 saturated heterocycles. The van der Waals surface area contributed by atoms with E-state index in [4.69, 9.17) is 0 Å². The molecule has 0 aliphatic rings. The molecule has 0 bridgehead atoms. The average Bonchev–Trinajstić information content (AvgIpc) is 3.41. The van der Waals surface area contributed by atoms with Gasteiger partial charge in [0.05, 0.1) is 5.69 Å². The summed E-state index contributed by atoms with van der Waals surface area (Å²) in [6.07, 6.45) is 0. The van der Waals surface area contributed by atoms with Crippen molar-refractivity contribution in [2.45, 2.75) is 0 Å². The van der Waals surface area contributed by atoms with Crippen LogP contribution in [0.5, 0.6) is 0 Å². The number of hydrogen-bond acceptors (Lipinski definition) is 2. The minimum absolute atomic E-state index is 1.08. The van der Waals surface area contributed by atoms with Gasteiger partial charge in [0.15, 0.2) is 0 Å². The summed E-state index contributed by atoms with van der Waals surface area (Å²) in [5, 5.41) is 2.40. The van der Waals surface area contributed by atoms with Gasteiger partial charge in [0.1, 0.15) is 0 Å². The second-order valence-corrected chi connectivity index (χ2v) is 16.6. The van der Waals surface area contributed by atoms with Gasteiger partial charge in [-0.3, -0.25) is 0 Å². The van der Waals surface area contributed by atoms with Crippen molar-refractivity contribution in [1.29, 1.82) is 0 Å². The molecule has 0 saturated carbocycles. The highest BCUT2D eigenvalue weighted by molar-refractivity contribution is 6.00. The van der Waals surface area contributed by atoms with Gasteiger partial charge in [-0.25, -0.2) is 0 Å². The monoisotopic (exact) mass is 842 g/mol. The van der Waals surface area contributed by atoms with E-state index in [1.807, 2.05) is 0 Å². The van der Waals surface area contributed by atoms with E-state index in [0.717, 1.165) is 45.3 Å². The fraction of sp³-hybridized carbons (Fsp3) is 0. The minimum atomic E-state index is 1.08. The molecule has 11 aromatic rings. The van der Waals surface area contributed by atoms with Crippen LogP contribution >= 0.6 is 0 Å². The third kappa shape index (κ3) is 8.28. The first-order valence-corrected chi connectivity index (χ1v) is 22.6. The topological polar surface area (TPSA) is 6.48 Å². The van der Waals surface area contributed by atoms with Crippen LogP contribution in [0.1, 0.15) is 0 Å². The van der Waals surface area contributed by atoms with Crippen molar-refractivity contribution in [3.05, 3.63) is 279 Å². The standard InChI is InChI=1S/C64H46N2/c1-5-16-47(17-6-1)51-28-36-58(37-29-51)65(59-38-30-52(31-39-59)48-18-7-2-8-19-48)60-40-32-53(33-41-60)54-34-42-61(43-35-54)66(64-27-15-25-55-24-13-14-26-63(55)64)62-45-56(49-20-9-3-10-21-49)44-57(46-62)50-22-11-4-12-23-50/h1-46H. The van der Waals surface area contributed by atoms with E-state index in [2.05, 4.69) is 289 Å². The number of hydrogen-bond donors (Lipinski definition) is 0. The van der Waals surface area contributed by atoms with Crippen molar-refractivity contribution < 1.29 is 0 Å². The predicted octanol–water partition coefficient (Wildman–Crippen LogP) is 18.1. The summed E-state index contributed by atoms with van der Waals surface area (Å²) in [6.45, 7) is 0. The normalized spacial score (nSPS) is 11.0. The molecule has 2 nitrogen and oxygen atoms in total. The van der Waals surface area contributed by atoms with E-state index in [0.29, 0.717) is 0 Å². The first kappa shape index (κ1) is 40.1. The van der Waals surface area contributed by atoms with Crippen LogP contribution in [0.25, 0.3) is 66.4 Å².